The van der Waals surface area contributed by atoms with Gasteiger partial charge in [-0.25, -0.2) is 4.68 Å². The maximum atomic E-state index is 10.1. The number of anilines is 2. The molecule has 0 amide bonds. The van der Waals surface area contributed by atoms with Gasteiger partial charge in [0.2, 0.25) is 0 Å². The van der Waals surface area contributed by atoms with E-state index in [2.05, 4.69) is 90.2 Å². The first-order valence-corrected chi connectivity index (χ1v) is 16.5. The van der Waals surface area contributed by atoms with Gasteiger partial charge < -0.3 is 10.6 Å². The molecule has 1 fully saturated rings. The predicted octanol–water partition coefficient (Wildman–Crippen LogP) is 8.09. The molecule has 9 heteroatoms. The molecular weight excluding hydrogens is 592 g/mol. The number of rotatable bonds is 7. The highest BCUT2D eigenvalue weighted by Gasteiger charge is 2.30. The van der Waals surface area contributed by atoms with E-state index in [1.54, 1.807) is 6.20 Å². The van der Waals surface area contributed by atoms with Crippen LogP contribution < -0.4 is 10.6 Å². The molecule has 1 saturated heterocycles. The van der Waals surface area contributed by atoms with Crippen molar-refractivity contribution >= 4 is 33.9 Å². The smallest absolute Gasteiger partial charge is 0.109 e. The van der Waals surface area contributed by atoms with E-state index in [1.807, 2.05) is 35.0 Å². The Morgan fingerprint density at radius 3 is 2.52 bits per heavy atom. The highest BCUT2D eigenvalue weighted by molar-refractivity contribution is 6.32. The van der Waals surface area contributed by atoms with Crippen LogP contribution in [0.4, 0.5) is 11.4 Å². The average molecular weight is 631 g/mol. The lowest BCUT2D eigenvalue weighted by Gasteiger charge is -2.40. The van der Waals surface area contributed by atoms with E-state index in [0.29, 0.717) is 16.6 Å². The third-order valence-electron chi connectivity index (χ3n) is 9.55. The quantitative estimate of drug-likeness (QED) is 0.188. The fourth-order valence-corrected chi connectivity index (χ4v) is 7.25. The molecule has 3 aromatic carbocycles. The van der Waals surface area contributed by atoms with E-state index in [-0.39, 0.29) is 17.6 Å². The van der Waals surface area contributed by atoms with Crippen LogP contribution in [0.1, 0.15) is 86.1 Å². The molecule has 1 aliphatic heterocycles. The number of benzene rings is 3. The van der Waals surface area contributed by atoms with Gasteiger partial charge in [0.1, 0.15) is 11.8 Å². The van der Waals surface area contributed by atoms with Crippen LogP contribution in [0.15, 0.2) is 79.1 Å². The highest BCUT2D eigenvalue weighted by atomic mass is 35.5. The molecule has 7 rings (SSSR count). The number of nitrogens with zero attached hydrogens (tertiary/aromatic N) is 6. The van der Waals surface area contributed by atoms with Crippen LogP contribution in [0.25, 0.3) is 10.9 Å². The lowest BCUT2D eigenvalue weighted by molar-refractivity contribution is 0.0866. The second kappa shape index (κ2) is 12.4. The number of likely N-dealkylation sites (tertiary alicyclic amines) is 1. The van der Waals surface area contributed by atoms with Gasteiger partial charge in [0.15, 0.2) is 0 Å². The van der Waals surface area contributed by atoms with Crippen molar-refractivity contribution in [3.8, 4) is 6.07 Å². The minimum absolute atomic E-state index is 0.103. The molecule has 0 unspecified atom stereocenters. The zero-order valence-corrected chi connectivity index (χ0v) is 27.3. The number of pyridine rings is 1. The van der Waals surface area contributed by atoms with E-state index >= 15 is 0 Å². The van der Waals surface area contributed by atoms with Gasteiger partial charge in [-0.05, 0) is 75.3 Å². The van der Waals surface area contributed by atoms with Crippen molar-refractivity contribution in [2.75, 3.05) is 23.7 Å². The van der Waals surface area contributed by atoms with Crippen molar-refractivity contribution in [1.29, 1.82) is 5.26 Å². The summed E-state index contributed by atoms with van der Waals surface area (Å²) in [6.07, 6.45) is 7.77. The molecule has 0 bridgehead atoms. The number of nitriles is 1. The van der Waals surface area contributed by atoms with Crippen molar-refractivity contribution < 1.29 is 0 Å². The largest absolute Gasteiger partial charge is 0.377 e. The maximum Gasteiger partial charge on any atom is 0.109 e. The number of fused-ring (bicyclic) bond motifs is 2. The van der Waals surface area contributed by atoms with Crippen LogP contribution in [-0.4, -0.2) is 43.5 Å². The van der Waals surface area contributed by atoms with E-state index in [1.165, 1.54) is 11.1 Å². The summed E-state index contributed by atoms with van der Waals surface area (Å²) in [6.45, 7) is 8.91. The molecule has 2 N–H and O–H groups in total. The zero-order valence-electron chi connectivity index (χ0n) is 26.5. The standard InChI is InChI=1S/C37H39ClN8/c1-37(2,3)45-17-15-28(16-18-45)46-23-33(43-44-46)35(25-10-5-4-6-11-25)42-32-20-27(38)19-30-34(26(21-39)22-40-36(30)32)41-31-14-13-24-9-7-8-12-29(24)31/h4-12,19-20,22-23,28,31,35,42H,13-18H2,1-3H3,(H,40,41)/t31-,35+/m1/s1. The van der Waals surface area contributed by atoms with E-state index in [0.717, 1.165) is 72.3 Å². The van der Waals surface area contributed by atoms with E-state index in [9.17, 15) is 5.26 Å². The van der Waals surface area contributed by atoms with E-state index in [4.69, 9.17) is 21.7 Å². The Bertz CT molecular complexity index is 1900. The van der Waals surface area contributed by atoms with Gasteiger partial charge in [0, 0.05) is 35.2 Å². The van der Waals surface area contributed by atoms with Crippen LogP contribution in [-0.2, 0) is 6.42 Å². The second-order valence-electron chi connectivity index (χ2n) is 13.4. The lowest BCUT2D eigenvalue weighted by atomic mass is 9.98. The molecule has 0 spiro atoms. The highest BCUT2D eigenvalue weighted by Crippen LogP contribution is 2.40. The average Bonchev–Trinajstić information content (AvgIpc) is 3.72. The third kappa shape index (κ3) is 5.93. The molecule has 2 aromatic heterocycles. The second-order valence-corrected chi connectivity index (χ2v) is 13.9. The molecule has 0 radical (unpaired) electrons. The number of piperidine rings is 1. The van der Waals surface area contributed by atoms with Crippen LogP contribution in [0.3, 0.4) is 0 Å². The number of halogens is 1. The molecule has 234 valence electrons. The van der Waals surface area contributed by atoms with Crippen LogP contribution >= 0.6 is 11.6 Å². The summed E-state index contributed by atoms with van der Waals surface area (Å²) in [4.78, 5) is 7.33. The molecule has 2 atom stereocenters. The monoisotopic (exact) mass is 630 g/mol. The van der Waals surface area contributed by atoms with Gasteiger partial charge in [0.25, 0.3) is 0 Å². The maximum absolute atomic E-state index is 10.1. The Morgan fingerprint density at radius 2 is 1.76 bits per heavy atom. The first-order chi connectivity index (χ1) is 22.3. The molecule has 3 heterocycles. The summed E-state index contributed by atoms with van der Waals surface area (Å²) < 4.78 is 2.04. The fourth-order valence-electron chi connectivity index (χ4n) is 7.03. The van der Waals surface area contributed by atoms with Crippen molar-refractivity contribution in [2.24, 2.45) is 0 Å². The summed E-state index contributed by atoms with van der Waals surface area (Å²) in [5, 5.41) is 28.2. The summed E-state index contributed by atoms with van der Waals surface area (Å²) in [5.74, 6) is 0. The van der Waals surface area contributed by atoms with E-state index < -0.39 is 0 Å². The minimum atomic E-state index is -0.290. The van der Waals surface area contributed by atoms with Gasteiger partial charge in [-0.1, -0.05) is 71.4 Å². The summed E-state index contributed by atoms with van der Waals surface area (Å²) in [5.41, 5.74) is 7.41. The molecule has 5 aromatic rings. The molecule has 2 aliphatic rings. The first kappa shape index (κ1) is 30.2. The van der Waals surface area contributed by atoms with Crippen molar-refractivity contribution in [3.63, 3.8) is 0 Å². The Hall–Kier alpha value is -4.45. The minimum Gasteiger partial charge on any atom is -0.377 e. The summed E-state index contributed by atoms with van der Waals surface area (Å²) in [6, 6.07) is 25.0. The van der Waals surface area contributed by atoms with Gasteiger partial charge in [-0.15, -0.1) is 5.10 Å². The molecule has 1 aliphatic carbocycles. The molecule has 0 saturated carbocycles. The van der Waals surface area contributed by atoms with Crippen LogP contribution in [0.2, 0.25) is 5.02 Å². The number of hydrogen-bond donors (Lipinski definition) is 2. The number of aryl methyl sites for hydroxylation is 1. The van der Waals surface area contributed by atoms with Gasteiger partial charge in [-0.3, -0.25) is 9.88 Å². The summed E-state index contributed by atoms with van der Waals surface area (Å²) in [7, 11) is 0. The van der Waals surface area contributed by atoms with Gasteiger partial charge in [-0.2, -0.15) is 5.26 Å². The Labute approximate surface area is 275 Å². The number of hydrogen-bond acceptors (Lipinski definition) is 7. The van der Waals surface area contributed by atoms with Gasteiger partial charge >= 0.3 is 0 Å². The van der Waals surface area contributed by atoms with Crippen molar-refractivity contribution in [2.45, 2.75) is 70.1 Å². The lowest BCUT2D eigenvalue weighted by Crippen LogP contribution is -2.46. The Kier molecular flexibility index (Phi) is 8.14. The fraction of sp³-hybridized carbons (Fsp3) is 0.351. The first-order valence-electron chi connectivity index (χ1n) is 16.1. The summed E-state index contributed by atoms with van der Waals surface area (Å²) >= 11 is 6.80. The topological polar surface area (TPSA) is 94.7 Å². The van der Waals surface area contributed by atoms with Crippen LogP contribution in [0, 0.1) is 11.3 Å². The predicted molar refractivity (Wildman–Crippen MR) is 184 cm³/mol. The van der Waals surface area contributed by atoms with Crippen LogP contribution in [0.5, 0.6) is 0 Å². The third-order valence-corrected chi connectivity index (χ3v) is 9.77. The molecular formula is C37H39ClN8. The Morgan fingerprint density at radius 1 is 1.00 bits per heavy atom. The van der Waals surface area contributed by atoms with Crippen molar-refractivity contribution in [3.05, 3.63) is 112 Å². The SMILES string of the molecule is CC(C)(C)N1CCC(n2cc([C@@H](Nc3cc(Cl)cc4c(N[C@@H]5CCc6ccccc65)c(C#N)cnc34)c3ccccc3)nn2)CC1. The van der Waals surface area contributed by atoms with Gasteiger partial charge in [0.05, 0.1) is 46.8 Å². The zero-order chi connectivity index (χ0) is 31.8. The van der Waals surface area contributed by atoms with Crippen molar-refractivity contribution in [1.82, 2.24) is 24.9 Å². The molecule has 46 heavy (non-hydrogen) atoms. The molecule has 8 nitrogen and oxygen atoms in total. The number of aromatic nitrogens is 4. The number of nitrogens with one attached hydrogen (secondary N) is 2. The normalized spacial score (nSPS) is 17.8. The Balaban J connectivity index is 1.23.